The summed E-state index contributed by atoms with van der Waals surface area (Å²) < 4.78 is 96.7. The van der Waals surface area contributed by atoms with Crippen LogP contribution in [0.5, 0.6) is 0 Å². The number of fused-ring (bicyclic) bond motifs is 1. The molecule has 0 spiro atoms. The van der Waals surface area contributed by atoms with Gasteiger partial charge in [-0.25, -0.2) is 30.7 Å². The fourth-order valence-electron chi connectivity index (χ4n) is 2.18. The number of aromatic amines is 1. The van der Waals surface area contributed by atoms with Gasteiger partial charge in [0.2, 0.25) is 5.82 Å². The lowest BCUT2D eigenvalue weighted by molar-refractivity contribution is 0.412. The molecule has 2 N–H and O–H groups in total. The molecule has 3 aromatic rings. The molecule has 1 aromatic heterocycles. The third kappa shape index (κ3) is 2.71. The maximum absolute atomic E-state index is 14.4. The van der Waals surface area contributed by atoms with Gasteiger partial charge in [0, 0.05) is 6.20 Å². The molecule has 13 heteroatoms. The fourth-order valence-corrected chi connectivity index (χ4v) is 2.18. The van der Waals surface area contributed by atoms with Gasteiger partial charge < -0.3 is 5.32 Å². The second-order valence-electron chi connectivity index (χ2n) is 4.87. The first-order chi connectivity index (χ1) is 12.8. The Hall–Kier alpha value is -3.69. The van der Waals surface area contributed by atoms with Crippen LogP contribution >= 0.6 is 0 Å². The average molecular weight is 388 g/mol. The highest BCUT2D eigenvalue weighted by Gasteiger charge is 2.30. The van der Waals surface area contributed by atoms with Crippen molar-refractivity contribution in [2.45, 2.75) is 0 Å². The minimum atomic E-state index is -2.43. The molecule has 0 aliphatic carbocycles. The van der Waals surface area contributed by atoms with Crippen molar-refractivity contribution in [3.8, 4) is 6.07 Å². The molecule has 0 bridgehead atoms. The summed E-state index contributed by atoms with van der Waals surface area (Å²) >= 11 is 0. The highest BCUT2D eigenvalue weighted by molar-refractivity contribution is 5.89. The Morgan fingerprint density at radius 2 is 1.41 bits per heavy atom. The molecule has 138 valence electrons. The molecule has 0 atom stereocenters. The zero-order valence-electron chi connectivity index (χ0n) is 12.5. The third-order valence-electron chi connectivity index (χ3n) is 3.41. The van der Waals surface area contributed by atoms with Crippen LogP contribution in [0.15, 0.2) is 6.20 Å². The van der Waals surface area contributed by atoms with Crippen LogP contribution in [-0.4, -0.2) is 20.6 Å². The van der Waals surface area contributed by atoms with Crippen LogP contribution in [0.2, 0.25) is 0 Å². The van der Waals surface area contributed by atoms with Crippen LogP contribution in [0.3, 0.4) is 0 Å². The monoisotopic (exact) mass is 388 g/mol. The van der Waals surface area contributed by atoms with Crippen molar-refractivity contribution in [2.24, 2.45) is 0 Å². The summed E-state index contributed by atoms with van der Waals surface area (Å²) in [6.45, 7) is 0. The molecule has 0 aliphatic heterocycles. The first-order valence-corrected chi connectivity index (χ1v) is 6.72. The molecule has 3 rings (SSSR count). The maximum atomic E-state index is 14.4. The molecular formula is C14H3F7N6. The normalized spacial score (nSPS) is 11.7. The zero-order chi connectivity index (χ0) is 19.9. The zero-order valence-corrected chi connectivity index (χ0v) is 12.5. The van der Waals surface area contributed by atoms with E-state index in [0.717, 1.165) is 0 Å². The summed E-state index contributed by atoms with van der Waals surface area (Å²) in [6.07, 6.45) is 0.617. The molecule has 0 saturated heterocycles. The molecule has 0 radical (unpaired) electrons. The van der Waals surface area contributed by atoms with E-state index in [1.165, 1.54) is 6.07 Å². The van der Waals surface area contributed by atoms with Crippen molar-refractivity contribution in [2.75, 3.05) is 5.32 Å². The summed E-state index contributed by atoms with van der Waals surface area (Å²) in [5, 5.41) is 19.4. The lowest BCUT2D eigenvalue weighted by Gasteiger charge is -2.12. The summed E-state index contributed by atoms with van der Waals surface area (Å²) in [4.78, 5) is 0. The van der Waals surface area contributed by atoms with Gasteiger partial charge in [0.15, 0.2) is 40.7 Å². The number of anilines is 1. The molecule has 0 amide bonds. The minimum Gasteiger partial charge on any atom is -0.355 e. The smallest absolute Gasteiger partial charge is 0.216 e. The number of H-pyrrole nitrogens is 1. The number of aromatic nitrogens is 4. The lowest BCUT2D eigenvalue weighted by Crippen LogP contribution is -2.07. The van der Waals surface area contributed by atoms with E-state index in [2.05, 4.69) is 15.4 Å². The van der Waals surface area contributed by atoms with Gasteiger partial charge in [0.05, 0.1) is 10.8 Å². The van der Waals surface area contributed by atoms with E-state index in [4.69, 9.17) is 5.26 Å². The number of rotatable bonds is 3. The van der Waals surface area contributed by atoms with E-state index in [-0.39, 0.29) is 5.82 Å². The maximum Gasteiger partial charge on any atom is 0.216 e. The highest BCUT2D eigenvalue weighted by atomic mass is 19.2. The Kier molecular flexibility index (Phi) is 4.40. The van der Waals surface area contributed by atoms with Crippen molar-refractivity contribution in [1.29, 1.82) is 5.26 Å². The van der Waals surface area contributed by atoms with Crippen LogP contribution in [-0.2, 0) is 0 Å². The van der Waals surface area contributed by atoms with E-state index < -0.39 is 62.8 Å². The number of halogens is 7. The standard InChI is InChI=1S/C14H3F7N6/c15-6-4-5(7(16)11(20)10(6)19)9(18)13(12(21)8(4)17)23-2-3(1-22)14-24-26-27-25-14/h2,23H,(H,24,25,26,27). The molecular weight excluding hydrogens is 385 g/mol. The van der Waals surface area contributed by atoms with Crippen molar-refractivity contribution in [1.82, 2.24) is 20.6 Å². The van der Waals surface area contributed by atoms with Crippen molar-refractivity contribution in [3.05, 3.63) is 52.7 Å². The number of hydrogen-bond acceptors (Lipinski definition) is 5. The van der Waals surface area contributed by atoms with E-state index in [9.17, 15) is 30.7 Å². The molecule has 0 aliphatic rings. The van der Waals surface area contributed by atoms with Crippen LogP contribution in [0, 0.1) is 52.1 Å². The fraction of sp³-hybridized carbons (Fsp3) is 0. The molecule has 0 saturated carbocycles. The van der Waals surface area contributed by atoms with Gasteiger partial charge in [0.1, 0.15) is 17.3 Å². The summed E-state index contributed by atoms with van der Waals surface area (Å²) in [5.41, 5.74) is -1.82. The Balaban J connectivity index is 2.25. The second-order valence-corrected chi connectivity index (χ2v) is 4.87. The van der Waals surface area contributed by atoms with Gasteiger partial charge in [0.25, 0.3) is 0 Å². The predicted octanol–water partition coefficient (Wildman–Crippen LogP) is 3.30. The van der Waals surface area contributed by atoms with Gasteiger partial charge >= 0.3 is 0 Å². The van der Waals surface area contributed by atoms with Crippen LogP contribution in [0.4, 0.5) is 36.4 Å². The van der Waals surface area contributed by atoms with Gasteiger partial charge in [-0.3, -0.25) is 0 Å². The Morgan fingerprint density at radius 1 is 0.852 bits per heavy atom. The summed E-state index contributed by atoms with van der Waals surface area (Å²) in [5.74, 6) is -15.9. The first-order valence-electron chi connectivity index (χ1n) is 6.72. The Bertz CT molecular complexity index is 1130. The van der Waals surface area contributed by atoms with Crippen molar-refractivity contribution in [3.63, 3.8) is 0 Å². The molecule has 6 nitrogen and oxygen atoms in total. The number of nitrogens with zero attached hydrogens (tertiary/aromatic N) is 4. The minimum absolute atomic E-state index is 0.308. The quantitative estimate of drug-likeness (QED) is 0.311. The topological polar surface area (TPSA) is 90.3 Å². The third-order valence-corrected chi connectivity index (χ3v) is 3.41. The Morgan fingerprint density at radius 3 is 1.93 bits per heavy atom. The number of nitrogens with one attached hydrogen (secondary N) is 2. The number of hydrogen-bond donors (Lipinski definition) is 2. The average Bonchev–Trinajstić information content (AvgIpc) is 3.18. The Labute approximate surface area is 143 Å². The predicted molar refractivity (Wildman–Crippen MR) is 75.0 cm³/mol. The van der Waals surface area contributed by atoms with Crippen molar-refractivity contribution < 1.29 is 30.7 Å². The van der Waals surface area contributed by atoms with Gasteiger partial charge in [-0.15, -0.1) is 10.2 Å². The molecule has 0 unspecified atom stereocenters. The van der Waals surface area contributed by atoms with Gasteiger partial charge in [-0.2, -0.15) is 10.5 Å². The largest absolute Gasteiger partial charge is 0.355 e. The summed E-state index contributed by atoms with van der Waals surface area (Å²) in [7, 11) is 0. The SMILES string of the molecule is N#CC(=CNc1c(F)c(F)c2c(F)c(F)c(F)c(F)c2c1F)c1nn[nH]n1. The van der Waals surface area contributed by atoms with Crippen LogP contribution in [0.25, 0.3) is 16.3 Å². The molecule has 2 aromatic carbocycles. The number of allylic oxidation sites excluding steroid dienone is 1. The number of tetrazole rings is 1. The van der Waals surface area contributed by atoms with Gasteiger partial charge in [-0.1, -0.05) is 0 Å². The van der Waals surface area contributed by atoms with Gasteiger partial charge in [-0.05, 0) is 5.21 Å². The molecule has 1 heterocycles. The number of benzene rings is 2. The molecule has 0 fully saturated rings. The molecule has 27 heavy (non-hydrogen) atoms. The van der Waals surface area contributed by atoms with E-state index in [1.54, 1.807) is 0 Å². The highest BCUT2D eigenvalue weighted by Crippen LogP contribution is 2.36. The number of nitriles is 1. The van der Waals surface area contributed by atoms with E-state index in [0.29, 0.717) is 6.20 Å². The van der Waals surface area contributed by atoms with E-state index in [1.807, 2.05) is 10.5 Å². The second kappa shape index (κ2) is 6.56. The van der Waals surface area contributed by atoms with Crippen LogP contribution < -0.4 is 5.32 Å². The summed E-state index contributed by atoms with van der Waals surface area (Å²) in [6, 6.07) is 1.53. The van der Waals surface area contributed by atoms with Crippen molar-refractivity contribution >= 4 is 22.0 Å². The first kappa shape index (κ1) is 18.1. The lowest BCUT2D eigenvalue weighted by atomic mass is 10.1. The van der Waals surface area contributed by atoms with Crippen LogP contribution in [0.1, 0.15) is 5.82 Å². The van der Waals surface area contributed by atoms with E-state index >= 15 is 0 Å².